The van der Waals surface area contributed by atoms with Crippen molar-refractivity contribution in [3.05, 3.63) is 30.1 Å². The van der Waals surface area contributed by atoms with Crippen molar-refractivity contribution in [1.82, 2.24) is 14.5 Å². The van der Waals surface area contributed by atoms with Crippen LogP contribution in [0.2, 0.25) is 0 Å². The highest BCUT2D eigenvalue weighted by Crippen LogP contribution is 2.18. The molecule has 3 heteroatoms. The highest BCUT2D eigenvalue weighted by Gasteiger charge is 2.13. The minimum Gasteiger partial charge on any atom is -0.317 e. The molecule has 3 rings (SSSR count). The average Bonchev–Trinajstić information content (AvgIpc) is 2.90. The van der Waals surface area contributed by atoms with Crippen LogP contribution in [0.15, 0.2) is 24.5 Å². The summed E-state index contributed by atoms with van der Waals surface area (Å²) in [6.45, 7) is 5.56. The molecule has 84 valence electrons. The van der Waals surface area contributed by atoms with Gasteiger partial charge >= 0.3 is 0 Å². The second-order valence-electron chi connectivity index (χ2n) is 4.62. The van der Waals surface area contributed by atoms with Crippen LogP contribution in [0.4, 0.5) is 0 Å². The van der Waals surface area contributed by atoms with Crippen LogP contribution >= 0.6 is 0 Å². The Morgan fingerprint density at radius 3 is 2.88 bits per heavy atom. The second kappa shape index (κ2) is 3.91. The summed E-state index contributed by atoms with van der Waals surface area (Å²) in [6, 6.07) is 6.39. The van der Waals surface area contributed by atoms with Crippen LogP contribution in [0.5, 0.6) is 0 Å². The molecule has 3 nitrogen and oxygen atoms in total. The third kappa shape index (κ3) is 1.61. The first kappa shape index (κ1) is 9.85. The van der Waals surface area contributed by atoms with Crippen molar-refractivity contribution >= 4 is 11.0 Å². The Bertz CT molecular complexity index is 495. The number of benzene rings is 1. The Morgan fingerprint density at radius 1 is 1.25 bits per heavy atom. The van der Waals surface area contributed by atoms with Crippen molar-refractivity contribution in [3.63, 3.8) is 0 Å². The van der Waals surface area contributed by atoms with Gasteiger partial charge in [-0.25, -0.2) is 4.98 Å². The number of likely N-dealkylation sites (tertiary alicyclic amines) is 1. The molecular formula is C13H17N3. The third-order valence-corrected chi connectivity index (χ3v) is 3.40. The van der Waals surface area contributed by atoms with E-state index in [0.717, 1.165) is 12.2 Å². The Hall–Kier alpha value is -1.35. The topological polar surface area (TPSA) is 21.1 Å². The van der Waals surface area contributed by atoms with Crippen LogP contribution in [0.1, 0.15) is 18.4 Å². The quantitative estimate of drug-likeness (QED) is 0.767. The molecule has 16 heavy (non-hydrogen) atoms. The molecule has 0 atom stereocenters. The SMILES string of the molecule is Cc1cccc2c1ncn2CN1CCCC1. The van der Waals surface area contributed by atoms with E-state index in [9.17, 15) is 0 Å². The first-order valence-electron chi connectivity index (χ1n) is 5.97. The summed E-state index contributed by atoms with van der Waals surface area (Å²) in [4.78, 5) is 6.99. The van der Waals surface area contributed by atoms with E-state index in [2.05, 4.69) is 39.6 Å². The number of hydrogen-bond donors (Lipinski definition) is 0. The monoisotopic (exact) mass is 215 g/mol. The fourth-order valence-electron chi connectivity index (χ4n) is 2.49. The van der Waals surface area contributed by atoms with Crippen molar-refractivity contribution in [1.29, 1.82) is 0 Å². The Labute approximate surface area is 95.7 Å². The van der Waals surface area contributed by atoms with E-state index in [0.29, 0.717) is 0 Å². The molecule has 0 bridgehead atoms. The standard InChI is InChI=1S/C13H17N3/c1-11-5-4-6-12-13(11)14-9-16(12)10-15-7-2-3-8-15/h4-6,9H,2-3,7-8,10H2,1H3. The molecule has 1 fully saturated rings. The molecular weight excluding hydrogens is 198 g/mol. The maximum absolute atomic E-state index is 4.50. The summed E-state index contributed by atoms with van der Waals surface area (Å²) in [6.07, 6.45) is 4.65. The fourth-order valence-corrected chi connectivity index (χ4v) is 2.49. The number of imidazole rings is 1. The lowest BCUT2D eigenvalue weighted by molar-refractivity contribution is 0.274. The second-order valence-corrected chi connectivity index (χ2v) is 4.62. The lowest BCUT2D eigenvalue weighted by atomic mass is 10.2. The van der Waals surface area contributed by atoms with Gasteiger partial charge < -0.3 is 4.57 Å². The minimum absolute atomic E-state index is 0.986. The molecule has 1 aromatic heterocycles. The van der Waals surface area contributed by atoms with Gasteiger partial charge in [0.1, 0.15) is 0 Å². The van der Waals surface area contributed by atoms with E-state index in [1.165, 1.54) is 37.0 Å². The van der Waals surface area contributed by atoms with E-state index < -0.39 is 0 Å². The van der Waals surface area contributed by atoms with Crippen molar-refractivity contribution in [2.24, 2.45) is 0 Å². The van der Waals surface area contributed by atoms with Crippen LogP contribution in [-0.2, 0) is 6.67 Å². The summed E-state index contributed by atoms with van der Waals surface area (Å²) >= 11 is 0. The zero-order chi connectivity index (χ0) is 11.0. The van der Waals surface area contributed by atoms with Crippen LogP contribution in [0, 0.1) is 6.92 Å². The molecule has 2 aromatic rings. The van der Waals surface area contributed by atoms with Crippen LogP contribution in [0.25, 0.3) is 11.0 Å². The van der Waals surface area contributed by atoms with Gasteiger partial charge in [0.2, 0.25) is 0 Å². The molecule has 0 aliphatic carbocycles. The van der Waals surface area contributed by atoms with Crippen molar-refractivity contribution in [2.45, 2.75) is 26.4 Å². The van der Waals surface area contributed by atoms with Gasteiger partial charge in [0.15, 0.2) is 0 Å². The molecule has 0 saturated carbocycles. The van der Waals surface area contributed by atoms with Gasteiger partial charge in [0, 0.05) is 0 Å². The molecule has 1 aliphatic rings. The van der Waals surface area contributed by atoms with Crippen LogP contribution < -0.4 is 0 Å². The summed E-state index contributed by atoms with van der Waals surface area (Å²) in [5.41, 5.74) is 3.66. The number of hydrogen-bond acceptors (Lipinski definition) is 2. The van der Waals surface area contributed by atoms with Crippen LogP contribution in [0.3, 0.4) is 0 Å². The Balaban J connectivity index is 1.94. The maximum atomic E-state index is 4.50. The van der Waals surface area contributed by atoms with E-state index in [-0.39, 0.29) is 0 Å². The van der Waals surface area contributed by atoms with Gasteiger partial charge in [-0.1, -0.05) is 12.1 Å². The first-order chi connectivity index (χ1) is 7.84. The zero-order valence-electron chi connectivity index (χ0n) is 9.69. The molecule has 2 heterocycles. The van der Waals surface area contributed by atoms with E-state index in [4.69, 9.17) is 0 Å². The number of fused-ring (bicyclic) bond motifs is 1. The Morgan fingerprint density at radius 2 is 2.06 bits per heavy atom. The lowest BCUT2D eigenvalue weighted by Crippen LogP contribution is -2.22. The molecule has 1 aliphatic heterocycles. The third-order valence-electron chi connectivity index (χ3n) is 3.40. The number of aryl methyl sites for hydroxylation is 1. The Kier molecular flexibility index (Phi) is 2.40. The predicted molar refractivity (Wildman–Crippen MR) is 65.3 cm³/mol. The minimum atomic E-state index is 0.986. The number of aromatic nitrogens is 2. The van der Waals surface area contributed by atoms with Gasteiger partial charge in [-0.2, -0.15) is 0 Å². The van der Waals surface area contributed by atoms with Crippen LogP contribution in [-0.4, -0.2) is 27.5 Å². The molecule has 1 aromatic carbocycles. The normalized spacial score (nSPS) is 17.3. The van der Waals surface area contributed by atoms with Crippen molar-refractivity contribution < 1.29 is 0 Å². The number of nitrogens with zero attached hydrogens (tertiary/aromatic N) is 3. The molecule has 0 amide bonds. The highest BCUT2D eigenvalue weighted by molar-refractivity contribution is 5.78. The maximum Gasteiger partial charge on any atom is 0.0969 e. The van der Waals surface area contributed by atoms with Gasteiger partial charge in [-0.3, -0.25) is 4.90 Å². The van der Waals surface area contributed by atoms with E-state index in [1.54, 1.807) is 0 Å². The molecule has 0 N–H and O–H groups in total. The summed E-state index contributed by atoms with van der Waals surface area (Å²) in [5.74, 6) is 0. The van der Waals surface area contributed by atoms with E-state index in [1.807, 2.05) is 6.33 Å². The summed E-state index contributed by atoms with van der Waals surface area (Å²) in [5, 5.41) is 0. The molecule has 0 unspecified atom stereocenters. The molecule has 1 saturated heterocycles. The van der Waals surface area contributed by atoms with Gasteiger partial charge in [0.05, 0.1) is 24.0 Å². The summed E-state index contributed by atoms with van der Waals surface area (Å²) < 4.78 is 2.26. The average molecular weight is 215 g/mol. The van der Waals surface area contributed by atoms with Crippen molar-refractivity contribution in [2.75, 3.05) is 13.1 Å². The smallest absolute Gasteiger partial charge is 0.0969 e. The largest absolute Gasteiger partial charge is 0.317 e. The molecule has 0 spiro atoms. The lowest BCUT2D eigenvalue weighted by Gasteiger charge is -2.15. The zero-order valence-corrected chi connectivity index (χ0v) is 9.69. The highest BCUT2D eigenvalue weighted by atomic mass is 15.3. The van der Waals surface area contributed by atoms with Gasteiger partial charge in [0.25, 0.3) is 0 Å². The molecule has 0 radical (unpaired) electrons. The van der Waals surface area contributed by atoms with Gasteiger partial charge in [-0.05, 0) is 44.5 Å². The number of rotatable bonds is 2. The van der Waals surface area contributed by atoms with E-state index >= 15 is 0 Å². The van der Waals surface area contributed by atoms with Gasteiger partial charge in [-0.15, -0.1) is 0 Å². The number of para-hydroxylation sites is 1. The van der Waals surface area contributed by atoms with Crippen molar-refractivity contribution in [3.8, 4) is 0 Å². The predicted octanol–water partition coefficient (Wildman–Crippen LogP) is 2.40. The summed E-state index contributed by atoms with van der Waals surface area (Å²) in [7, 11) is 0. The first-order valence-corrected chi connectivity index (χ1v) is 5.97. The fraction of sp³-hybridized carbons (Fsp3) is 0.462.